The Morgan fingerprint density at radius 1 is 1.80 bits per heavy atom. The predicted octanol–water partition coefficient (Wildman–Crippen LogP) is 0.999. The maximum Gasteiger partial charge on any atom is 0.0652 e. The second-order valence-electron chi connectivity index (χ2n) is 1.87. The normalized spacial score (nSPS) is 8.60. The summed E-state index contributed by atoms with van der Waals surface area (Å²) in [6.07, 6.45) is 1.71. The van der Waals surface area contributed by atoms with Gasteiger partial charge in [-0.2, -0.15) is 17.7 Å². The van der Waals surface area contributed by atoms with Crippen LogP contribution >= 0.6 is 12.6 Å². The monoisotopic (exact) mass is 152 g/mol. The molecule has 0 atom stereocenters. The van der Waals surface area contributed by atoms with E-state index in [0.717, 1.165) is 11.3 Å². The molecule has 0 aliphatic carbocycles. The van der Waals surface area contributed by atoms with Crippen LogP contribution in [0.4, 0.5) is 0 Å². The summed E-state index contributed by atoms with van der Waals surface area (Å²) >= 11 is 3.96. The van der Waals surface area contributed by atoms with Crippen molar-refractivity contribution in [1.29, 1.82) is 0 Å². The van der Waals surface area contributed by atoms with Crippen molar-refractivity contribution in [3.63, 3.8) is 0 Å². The third kappa shape index (κ3) is 1.55. The van der Waals surface area contributed by atoms with Gasteiger partial charge in [0.05, 0.1) is 17.5 Å². The van der Waals surface area contributed by atoms with Gasteiger partial charge in [0.2, 0.25) is 0 Å². The van der Waals surface area contributed by atoms with Gasteiger partial charge in [0.25, 0.3) is 0 Å². The van der Waals surface area contributed by atoms with Crippen LogP contribution in [0.15, 0.2) is 6.20 Å². The minimum atomic E-state index is 0.588. The zero-order chi connectivity index (χ0) is 7.40. The highest BCUT2D eigenvalue weighted by molar-refractivity contribution is 7.80. The zero-order valence-corrected chi connectivity index (χ0v) is 6.57. The Morgan fingerprint density at radius 2 is 2.60 bits per heavy atom. The summed E-state index contributed by atoms with van der Waals surface area (Å²) in [4.78, 5) is 0. The standard InChI is InChI=1S/C7H8N2S/c1-6-7(3-2-4-10)5-8-9-6/h5,10H,4H2,1H3,(H,8,9). The maximum absolute atomic E-state index is 3.96. The summed E-state index contributed by atoms with van der Waals surface area (Å²) in [6.45, 7) is 1.94. The van der Waals surface area contributed by atoms with Gasteiger partial charge in [-0.1, -0.05) is 11.8 Å². The molecule has 0 spiro atoms. The van der Waals surface area contributed by atoms with Crippen molar-refractivity contribution < 1.29 is 0 Å². The van der Waals surface area contributed by atoms with E-state index in [1.165, 1.54) is 0 Å². The molecule has 1 rings (SSSR count). The van der Waals surface area contributed by atoms with E-state index in [0.29, 0.717) is 5.75 Å². The van der Waals surface area contributed by atoms with Crippen molar-refractivity contribution >= 4 is 12.6 Å². The lowest BCUT2D eigenvalue weighted by atomic mass is 10.3. The molecule has 0 unspecified atom stereocenters. The summed E-state index contributed by atoms with van der Waals surface area (Å²) < 4.78 is 0. The Bertz CT molecular complexity index is 267. The molecular formula is C7H8N2S. The molecule has 1 heterocycles. The summed E-state index contributed by atoms with van der Waals surface area (Å²) in [7, 11) is 0. The minimum Gasteiger partial charge on any atom is -0.282 e. The molecule has 0 amide bonds. The Balaban J connectivity index is 2.84. The second-order valence-corrected chi connectivity index (χ2v) is 2.18. The van der Waals surface area contributed by atoms with E-state index in [9.17, 15) is 0 Å². The number of nitrogens with zero attached hydrogens (tertiary/aromatic N) is 1. The topological polar surface area (TPSA) is 28.7 Å². The third-order valence-electron chi connectivity index (χ3n) is 1.13. The average molecular weight is 152 g/mol. The summed E-state index contributed by atoms with van der Waals surface area (Å²) in [5.74, 6) is 6.36. The van der Waals surface area contributed by atoms with Crippen LogP contribution in [0.25, 0.3) is 0 Å². The van der Waals surface area contributed by atoms with Crippen molar-refractivity contribution in [3.05, 3.63) is 17.5 Å². The number of aromatic amines is 1. The fraction of sp³-hybridized carbons (Fsp3) is 0.286. The number of nitrogens with one attached hydrogen (secondary N) is 1. The Kier molecular flexibility index (Phi) is 2.41. The van der Waals surface area contributed by atoms with Gasteiger partial charge in [0.15, 0.2) is 0 Å². The predicted molar refractivity (Wildman–Crippen MR) is 44.1 cm³/mol. The molecule has 10 heavy (non-hydrogen) atoms. The maximum atomic E-state index is 3.96. The van der Waals surface area contributed by atoms with Gasteiger partial charge in [-0.3, -0.25) is 5.10 Å². The molecule has 0 fully saturated rings. The molecule has 0 radical (unpaired) electrons. The average Bonchev–Trinajstić information content (AvgIpc) is 2.31. The van der Waals surface area contributed by atoms with Crippen LogP contribution in [0.1, 0.15) is 11.3 Å². The number of H-pyrrole nitrogens is 1. The van der Waals surface area contributed by atoms with Crippen molar-refractivity contribution in [1.82, 2.24) is 10.2 Å². The van der Waals surface area contributed by atoms with Gasteiger partial charge in [-0.25, -0.2) is 0 Å². The smallest absolute Gasteiger partial charge is 0.0652 e. The first-order valence-corrected chi connectivity index (χ1v) is 3.57. The largest absolute Gasteiger partial charge is 0.282 e. The minimum absolute atomic E-state index is 0.588. The highest BCUT2D eigenvalue weighted by Crippen LogP contribution is 1.98. The van der Waals surface area contributed by atoms with Gasteiger partial charge in [-0.15, -0.1) is 0 Å². The van der Waals surface area contributed by atoms with Crippen LogP contribution in [-0.4, -0.2) is 16.0 Å². The van der Waals surface area contributed by atoms with Crippen molar-refractivity contribution in [2.24, 2.45) is 0 Å². The van der Waals surface area contributed by atoms with E-state index in [-0.39, 0.29) is 0 Å². The number of aryl methyl sites for hydroxylation is 1. The lowest BCUT2D eigenvalue weighted by Crippen LogP contribution is -1.74. The molecule has 3 heteroatoms. The van der Waals surface area contributed by atoms with E-state index in [2.05, 4.69) is 34.7 Å². The zero-order valence-electron chi connectivity index (χ0n) is 5.68. The Labute approximate surface area is 65.4 Å². The third-order valence-corrected chi connectivity index (χ3v) is 1.29. The molecule has 0 aliphatic rings. The van der Waals surface area contributed by atoms with Gasteiger partial charge >= 0.3 is 0 Å². The highest BCUT2D eigenvalue weighted by Gasteiger charge is 1.92. The van der Waals surface area contributed by atoms with Gasteiger partial charge in [0.1, 0.15) is 0 Å². The molecule has 0 aromatic carbocycles. The van der Waals surface area contributed by atoms with Gasteiger partial charge in [-0.05, 0) is 6.92 Å². The lowest BCUT2D eigenvalue weighted by Gasteiger charge is -1.80. The second kappa shape index (κ2) is 3.33. The highest BCUT2D eigenvalue weighted by atomic mass is 32.1. The fourth-order valence-electron chi connectivity index (χ4n) is 0.611. The Morgan fingerprint density at radius 3 is 3.10 bits per heavy atom. The van der Waals surface area contributed by atoms with E-state index in [1.54, 1.807) is 6.20 Å². The molecule has 52 valence electrons. The molecule has 1 N–H and O–H groups in total. The first-order valence-electron chi connectivity index (χ1n) is 2.94. The van der Waals surface area contributed by atoms with E-state index >= 15 is 0 Å². The molecule has 0 aliphatic heterocycles. The number of hydrogen-bond acceptors (Lipinski definition) is 2. The Hall–Kier alpha value is -0.880. The summed E-state index contributed by atoms with van der Waals surface area (Å²) in [5, 5.41) is 6.62. The number of thiol groups is 1. The van der Waals surface area contributed by atoms with Crippen molar-refractivity contribution in [2.45, 2.75) is 6.92 Å². The molecular weight excluding hydrogens is 144 g/mol. The first-order chi connectivity index (χ1) is 4.84. The van der Waals surface area contributed by atoms with Gasteiger partial charge < -0.3 is 0 Å². The van der Waals surface area contributed by atoms with Crippen LogP contribution in [0.3, 0.4) is 0 Å². The summed E-state index contributed by atoms with van der Waals surface area (Å²) in [6, 6.07) is 0. The van der Waals surface area contributed by atoms with Crippen LogP contribution < -0.4 is 0 Å². The van der Waals surface area contributed by atoms with E-state index in [1.807, 2.05) is 6.92 Å². The first kappa shape index (κ1) is 7.23. The molecule has 0 saturated heterocycles. The summed E-state index contributed by atoms with van der Waals surface area (Å²) in [5.41, 5.74) is 1.96. The molecule has 0 saturated carbocycles. The number of aromatic nitrogens is 2. The van der Waals surface area contributed by atoms with Crippen molar-refractivity contribution in [2.75, 3.05) is 5.75 Å². The van der Waals surface area contributed by atoms with Crippen LogP contribution in [0, 0.1) is 18.8 Å². The van der Waals surface area contributed by atoms with E-state index in [4.69, 9.17) is 0 Å². The van der Waals surface area contributed by atoms with Crippen LogP contribution in [0.2, 0.25) is 0 Å². The molecule has 1 aromatic heterocycles. The SMILES string of the molecule is Cc1[nH]ncc1C#CCS. The van der Waals surface area contributed by atoms with E-state index < -0.39 is 0 Å². The van der Waals surface area contributed by atoms with Crippen molar-refractivity contribution in [3.8, 4) is 11.8 Å². The molecule has 0 bridgehead atoms. The molecule has 2 nitrogen and oxygen atoms in total. The lowest BCUT2D eigenvalue weighted by molar-refractivity contribution is 1.05. The molecule has 1 aromatic rings. The van der Waals surface area contributed by atoms with Gasteiger partial charge in [0, 0.05) is 5.69 Å². The van der Waals surface area contributed by atoms with Crippen LogP contribution in [-0.2, 0) is 0 Å². The quantitative estimate of drug-likeness (QED) is 0.421. The fourth-order valence-corrected chi connectivity index (χ4v) is 0.691. The number of rotatable bonds is 0. The van der Waals surface area contributed by atoms with Crippen LogP contribution in [0.5, 0.6) is 0 Å². The number of hydrogen-bond donors (Lipinski definition) is 2.